The summed E-state index contributed by atoms with van der Waals surface area (Å²) in [6.07, 6.45) is 9.09. The second kappa shape index (κ2) is 10.9. The summed E-state index contributed by atoms with van der Waals surface area (Å²) in [4.78, 5) is 0. The van der Waals surface area contributed by atoms with Crippen LogP contribution in [0.4, 0.5) is 0 Å². The Morgan fingerprint density at radius 3 is 1.22 bits per heavy atom. The van der Waals surface area contributed by atoms with Crippen LogP contribution in [0.25, 0.3) is 0 Å². The molecule has 2 aliphatic rings. The van der Waals surface area contributed by atoms with Gasteiger partial charge in [0.05, 0.1) is 0 Å². The number of phenols is 2. The summed E-state index contributed by atoms with van der Waals surface area (Å²) >= 11 is 1.10. The summed E-state index contributed by atoms with van der Waals surface area (Å²) in [5, 5.41) is 23.0. The van der Waals surface area contributed by atoms with Crippen molar-refractivity contribution in [3.63, 3.8) is 0 Å². The second-order valence-electron chi connectivity index (χ2n) is 16.3. The van der Waals surface area contributed by atoms with E-state index in [9.17, 15) is 10.2 Å². The molecule has 0 amide bonds. The molecule has 227 valence electrons. The first kappa shape index (κ1) is 31.8. The maximum absolute atomic E-state index is 11.5. The molecular formula is C36H54CoN2O2+2. The van der Waals surface area contributed by atoms with Crippen molar-refractivity contribution >= 4 is 12.4 Å². The maximum atomic E-state index is 11.5. The van der Waals surface area contributed by atoms with Crippen LogP contribution >= 0.6 is 0 Å². The van der Waals surface area contributed by atoms with Crippen molar-refractivity contribution in [1.29, 1.82) is 0 Å². The van der Waals surface area contributed by atoms with E-state index >= 15 is 0 Å². The van der Waals surface area contributed by atoms with Crippen molar-refractivity contribution in [1.82, 2.24) is 0 Å². The Morgan fingerprint density at radius 1 is 0.585 bits per heavy atom. The van der Waals surface area contributed by atoms with Crippen LogP contribution in [0.2, 0.25) is 0 Å². The quantitative estimate of drug-likeness (QED) is 0.364. The van der Waals surface area contributed by atoms with Crippen LogP contribution < -0.4 is 0 Å². The zero-order valence-corrected chi connectivity index (χ0v) is 28.6. The first-order valence-electron chi connectivity index (χ1n) is 15.3. The molecule has 2 fully saturated rings. The molecule has 1 aliphatic carbocycles. The molecular weight excluding hydrogens is 551 g/mol. The van der Waals surface area contributed by atoms with Gasteiger partial charge in [0, 0.05) is 0 Å². The van der Waals surface area contributed by atoms with E-state index in [1.165, 1.54) is 24.0 Å². The van der Waals surface area contributed by atoms with Crippen molar-refractivity contribution < 1.29 is 32.6 Å². The van der Waals surface area contributed by atoms with Gasteiger partial charge in [0.25, 0.3) is 0 Å². The number of rotatable bonds is 2. The molecule has 41 heavy (non-hydrogen) atoms. The van der Waals surface area contributed by atoms with Crippen LogP contribution in [0.1, 0.15) is 142 Å². The Labute approximate surface area is 256 Å². The minimum absolute atomic E-state index is 0.0216. The fraction of sp³-hybridized carbons (Fsp3) is 0.611. The SMILES string of the molecule is CC(C)(C)c1cc(C=[N+]2[Co][N+](=Cc3cc(C(C)(C)C)cc(C(C)(C)C)c3O)[C@@H]3CCCC[C@H]32)c(O)c(C(C)(C)C)c1. The summed E-state index contributed by atoms with van der Waals surface area (Å²) in [5.41, 5.74) is 5.89. The fourth-order valence-electron chi connectivity index (χ4n) is 5.83. The van der Waals surface area contributed by atoms with Gasteiger partial charge in [0.15, 0.2) is 0 Å². The van der Waals surface area contributed by atoms with Crippen molar-refractivity contribution in [2.45, 2.75) is 143 Å². The van der Waals surface area contributed by atoms with E-state index in [0.717, 1.165) is 50.2 Å². The number of phenolic OH excluding ortho intramolecular Hbond substituents is 2. The average molecular weight is 606 g/mol. The molecule has 0 bridgehead atoms. The van der Waals surface area contributed by atoms with Crippen molar-refractivity contribution in [2.24, 2.45) is 0 Å². The van der Waals surface area contributed by atoms with Crippen LogP contribution in [0.15, 0.2) is 24.3 Å². The van der Waals surface area contributed by atoms with E-state index < -0.39 is 0 Å². The van der Waals surface area contributed by atoms with Gasteiger partial charge in [-0.25, -0.2) is 0 Å². The van der Waals surface area contributed by atoms with Gasteiger partial charge in [-0.05, 0) is 0 Å². The van der Waals surface area contributed by atoms with Gasteiger partial charge in [0.1, 0.15) is 0 Å². The van der Waals surface area contributed by atoms with Gasteiger partial charge < -0.3 is 0 Å². The van der Waals surface area contributed by atoms with E-state index in [1.54, 1.807) is 0 Å². The van der Waals surface area contributed by atoms with Gasteiger partial charge in [-0.2, -0.15) is 0 Å². The monoisotopic (exact) mass is 605 g/mol. The second-order valence-corrected chi connectivity index (χ2v) is 17.6. The number of hydrogen-bond acceptors (Lipinski definition) is 2. The number of benzene rings is 2. The Hall–Kier alpha value is -2.11. The molecule has 2 aromatic rings. The molecule has 0 aromatic heterocycles. The fourth-order valence-corrected chi connectivity index (χ4v) is 7.45. The Bertz CT molecular complexity index is 1270. The molecule has 1 aliphatic heterocycles. The van der Waals surface area contributed by atoms with Gasteiger partial charge in [-0.1, -0.05) is 0 Å². The van der Waals surface area contributed by atoms with E-state index in [0.29, 0.717) is 23.6 Å². The number of fused-ring (bicyclic) bond motifs is 1. The molecule has 5 heteroatoms. The van der Waals surface area contributed by atoms with Crippen molar-refractivity contribution in [3.8, 4) is 11.5 Å². The van der Waals surface area contributed by atoms with Crippen LogP contribution in [0.3, 0.4) is 0 Å². The zero-order valence-electron chi connectivity index (χ0n) is 27.6. The molecule has 0 unspecified atom stereocenters. The standard InChI is InChI=1S/C36H54N2O2.Co/c1-33(2,3)25-17-23(31(39)27(19-25)35(7,8)9)21-37-29-15-13-14-16-30(29)38-22-24-18-26(34(4,5)6)20-28(32(24)40)36(10,11)12;/h17-22,29-30,39-40H,13-16H2,1-12H3;/q;+2/t29-,30-;/m1./s1. The first-order valence-corrected chi connectivity index (χ1v) is 16.2. The van der Waals surface area contributed by atoms with Gasteiger partial charge in [-0.3, -0.25) is 0 Å². The molecule has 4 nitrogen and oxygen atoms in total. The minimum atomic E-state index is -0.163. The summed E-state index contributed by atoms with van der Waals surface area (Å²) < 4.78 is 4.83. The molecule has 1 heterocycles. The average Bonchev–Trinajstić information content (AvgIpc) is 3.15. The van der Waals surface area contributed by atoms with Crippen LogP contribution in [-0.2, 0) is 36.8 Å². The summed E-state index contributed by atoms with van der Waals surface area (Å²) in [5.74, 6) is 0.778. The predicted octanol–water partition coefficient (Wildman–Crippen LogP) is 8.09. The number of nitrogens with zero attached hydrogens (tertiary/aromatic N) is 2. The molecule has 4 rings (SSSR count). The van der Waals surface area contributed by atoms with Crippen LogP contribution in [0.5, 0.6) is 11.5 Å². The zero-order chi connectivity index (χ0) is 30.7. The third kappa shape index (κ3) is 6.77. The molecule has 2 N–H and O–H groups in total. The Balaban J connectivity index is 1.87. The normalized spacial score (nSPS) is 22.6. The van der Waals surface area contributed by atoms with E-state index in [1.807, 2.05) is 0 Å². The molecule has 2 aromatic carbocycles. The van der Waals surface area contributed by atoms with Crippen molar-refractivity contribution in [3.05, 3.63) is 57.6 Å². The van der Waals surface area contributed by atoms with E-state index in [2.05, 4.69) is 127 Å². The van der Waals surface area contributed by atoms with E-state index in [-0.39, 0.29) is 21.7 Å². The van der Waals surface area contributed by atoms with Gasteiger partial charge >= 0.3 is 257 Å². The third-order valence-corrected chi connectivity index (χ3v) is 10.0. The Morgan fingerprint density at radius 2 is 0.927 bits per heavy atom. The Kier molecular flexibility index (Phi) is 8.43. The van der Waals surface area contributed by atoms with Crippen LogP contribution in [0, 0.1) is 0 Å². The molecule has 1 saturated carbocycles. The van der Waals surface area contributed by atoms with Gasteiger partial charge in [0.2, 0.25) is 0 Å². The van der Waals surface area contributed by atoms with E-state index in [4.69, 9.17) is 0 Å². The summed E-state index contributed by atoms with van der Waals surface area (Å²) in [6, 6.07) is 9.47. The summed E-state index contributed by atoms with van der Waals surface area (Å²) in [6.45, 7) is 26.4. The molecule has 2 atom stereocenters. The van der Waals surface area contributed by atoms with Crippen LogP contribution in [-0.4, -0.2) is 42.0 Å². The third-order valence-electron chi connectivity index (χ3n) is 8.59. The first-order chi connectivity index (χ1) is 18.7. The number of hydrogen-bond donors (Lipinski definition) is 2. The topological polar surface area (TPSA) is 46.5 Å². The molecule has 0 radical (unpaired) electrons. The van der Waals surface area contributed by atoms with Gasteiger partial charge in [-0.15, -0.1) is 0 Å². The predicted molar refractivity (Wildman–Crippen MR) is 168 cm³/mol. The summed E-state index contributed by atoms with van der Waals surface area (Å²) in [7, 11) is 0. The molecule has 0 spiro atoms. The number of aromatic hydroxyl groups is 2. The molecule has 1 saturated heterocycles. The van der Waals surface area contributed by atoms with Crippen molar-refractivity contribution in [2.75, 3.05) is 0 Å².